The summed E-state index contributed by atoms with van der Waals surface area (Å²) >= 11 is 0. The van der Waals surface area contributed by atoms with Gasteiger partial charge >= 0.3 is 0 Å². The lowest BCUT2D eigenvalue weighted by molar-refractivity contribution is -0.142. The maximum atomic E-state index is 13.1. The number of rotatable bonds is 2. The summed E-state index contributed by atoms with van der Waals surface area (Å²) in [5, 5.41) is 9.75. The minimum absolute atomic E-state index is 0.0529. The number of aromatic nitrogens is 3. The van der Waals surface area contributed by atoms with Crippen molar-refractivity contribution in [1.82, 2.24) is 20.1 Å². The number of hydrogen-bond acceptors (Lipinski definition) is 5. The number of morpholine rings is 1. The van der Waals surface area contributed by atoms with Gasteiger partial charge in [-0.2, -0.15) is 5.10 Å². The molecule has 25 heavy (non-hydrogen) atoms. The molecule has 8 nitrogen and oxygen atoms in total. The average molecular weight is 341 g/mol. The van der Waals surface area contributed by atoms with Crippen LogP contribution in [0.15, 0.2) is 24.3 Å². The number of benzene rings is 1. The molecule has 2 amide bonds. The summed E-state index contributed by atoms with van der Waals surface area (Å²) in [6.07, 6.45) is -0.187. The number of nitrogens with one attached hydrogen (secondary N) is 2. The van der Waals surface area contributed by atoms with Gasteiger partial charge in [-0.1, -0.05) is 18.2 Å². The molecule has 0 radical (unpaired) electrons. The van der Waals surface area contributed by atoms with Gasteiger partial charge in [0.1, 0.15) is 11.9 Å². The van der Waals surface area contributed by atoms with E-state index in [1.165, 1.54) is 0 Å². The molecule has 1 fully saturated rings. The van der Waals surface area contributed by atoms with E-state index in [0.717, 1.165) is 5.56 Å². The first kappa shape index (κ1) is 15.8. The Bertz CT molecular complexity index is 818. The smallest absolute Gasteiger partial charge is 0.230 e. The van der Waals surface area contributed by atoms with Crippen molar-refractivity contribution in [2.24, 2.45) is 0 Å². The van der Waals surface area contributed by atoms with Gasteiger partial charge in [-0.3, -0.25) is 14.7 Å². The number of aromatic amines is 1. The Hall–Kier alpha value is -2.74. The Balaban J connectivity index is 1.55. The second-order valence-electron chi connectivity index (χ2n) is 6.31. The van der Waals surface area contributed by atoms with Gasteiger partial charge in [-0.25, -0.2) is 4.98 Å². The number of carbonyl (C=O) groups excluding carboxylic acids is 2. The van der Waals surface area contributed by atoms with Gasteiger partial charge in [0.05, 0.1) is 19.1 Å². The monoisotopic (exact) mass is 341 g/mol. The summed E-state index contributed by atoms with van der Waals surface area (Å²) in [5.41, 5.74) is 1.58. The van der Waals surface area contributed by atoms with Crippen LogP contribution in [-0.2, 0) is 14.3 Å². The number of aryl methyl sites for hydroxylation is 1. The highest BCUT2D eigenvalue weighted by Gasteiger charge is 2.36. The summed E-state index contributed by atoms with van der Waals surface area (Å²) in [4.78, 5) is 31.1. The van der Waals surface area contributed by atoms with Crippen LogP contribution in [0.25, 0.3) is 0 Å². The van der Waals surface area contributed by atoms with Crippen molar-refractivity contribution >= 4 is 17.5 Å². The quantitative estimate of drug-likeness (QED) is 0.853. The van der Waals surface area contributed by atoms with E-state index < -0.39 is 5.92 Å². The molecule has 130 valence electrons. The van der Waals surface area contributed by atoms with Crippen LogP contribution in [0.5, 0.6) is 0 Å². The van der Waals surface area contributed by atoms with Crippen LogP contribution < -0.4 is 5.32 Å². The Labute approximate surface area is 144 Å². The number of ether oxygens (including phenoxy) is 1. The molecule has 0 spiro atoms. The molecule has 0 saturated carbocycles. The molecule has 1 aromatic carbocycles. The Morgan fingerprint density at radius 3 is 3.00 bits per heavy atom. The Morgan fingerprint density at radius 2 is 2.20 bits per heavy atom. The molecule has 2 N–H and O–H groups in total. The number of H-pyrrole nitrogens is 1. The predicted octanol–water partition coefficient (Wildman–Crippen LogP) is 1.14. The second kappa shape index (κ2) is 6.29. The molecule has 0 unspecified atom stereocenters. The zero-order valence-corrected chi connectivity index (χ0v) is 13.9. The zero-order valence-electron chi connectivity index (χ0n) is 13.9. The van der Waals surface area contributed by atoms with E-state index in [-0.39, 0.29) is 24.3 Å². The van der Waals surface area contributed by atoms with Crippen LogP contribution >= 0.6 is 0 Å². The van der Waals surface area contributed by atoms with E-state index in [4.69, 9.17) is 4.74 Å². The van der Waals surface area contributed by atoms with Crippen LogP contribution in [-0.4, -0.2) is 51.6 Å². The molecular weight excluding hydrogens is 322 g/mol. The summed E-state index contributed by atoms with van der Waals surface area (Å²) in [7, 11) is 0. The molecule has 8 heteroatoms. The van der Waals surface area contributed by atoms with Crippen molar-refractivity contribution < 1.29 is 14.3 Å². The lowest BCUT2D eigenvalue weighted by atomic mass is 9.89. The molecule has 3 heterocycles. The maximum absolute atomic E-state index is 13.1. The third-order valence-electron chi connectivity index (χ3n) is 4.58. The van der Waals surface area contributed by atoms with E-state index in [2.05, 4.69) is 20.5 Å². The minimum atomic E-state index is -0.461. The van der Waals surface area contributed by atoms with E-state index in [1.54, 1.807) is 4.90 Å². The lowest BCUT2D eigenvalue weighted by Crippen LogP contribution is -2.46. The van der Waals surface area contributed by atoms with Gasteiger partial charge in [0.15, 0.2) is 5.82 Å². The topological polar surface area (TPSA) is 100 Å². The van der Waals surface area contributed by atoms with Crippen molar-refractivity contribution in [2.45, 2.75) is 25.4 Å². The summed E-state index contributed by atoms with van der Waals surface area (Å²) < 4.78 is 5.72. The average Bonchev–Trinajstić information content (AvgIpc) is 3.07. The van der Waals surface area contributed by atoms with Crippen LogP contribution in [0, 0.1) is 6.92 Å². The highest BCUT2D eigenvalue weighted by Crippen LogP contribution is 2.34. The number of anilines is 1. The fourth-order valence-corrected chi connectivity index (χ4v) is 3.36. The van der Waals surface area contributed by atoms with Gasteiger partial charge < -0.3 is 15.0 Å². The molecule has 2 aliphatic rings. The lowest BCUT2D eigenvalue weighted by Gasteiger charge is -2.35. The first-order valence-electron chi connectivity index (χ1n) is 8.30. The number of hydrogen-bond donors (Lipinski definition) is 2. The molecule has 1 saturated heterocycles. The van der Waals surface area contributed by atoms with Crippen molar-refractivity contribution in [2.75, 3.05) is 25.0 Å². The third kappa shape index (κ3) is 3.00. The van der Waals surface area contributed by atoms with E-state index in [1.807, 2.05) is 31.2 Å². The van der Waals surface area contributed by atoms with Gasteiger partial charge in [-0.15, -0.1) is 0 Å². The van der Waals surface area contributed by atoms with Crippen LogP contribution in [0.3, 0.4) is 0 Å². The summed E-state index contributed by atoms with van der Waals surface area (Å²) in [6, 6.07) is 7.45. The normalized spacial score (nSPS) is 23.1. The highest BCUT2D eigenvalue weighted by atomic mass is 16.5. The zero-order chi connectivity index (χ0) is 17.4. The van der Waals surface area contributed by atoms with Gasteiger partial charge in [-0.05, 0) is 18.6 Å². The number of fused-ring (bicyclic) bond motifs is 1. The summed E-state index contributed by atoms with van der Waals surface area (Å²) in [5.74, 6) is 0.614. The summed E-state index contributed by atoms with van der Waals surface area (Å²) in [6.45, 7) is 3.12. The van der Waals surface area contributed by atoms with Gasteiger partial charge in [0, 0.05) is 18.7 Å². The largest absolute Gasteiger partial charge is 0.366 e. The van der Waals surface area contributed by atoms with E-state index in [0.29, 0.717) is 37.0 Å². The Kier molecular flexibility index (Phi) is 3.96. The second-order valence-corrected chi connectivity index (χ2v) is 6.31. The molecule has 2 aliphatic heterocycles. The van der Waals surface area contributed by atoms with Crippen LogP contribution in [0.1, 0.15) is 35.7 Å². The SMILES string of the molecule is Cc1nc([C@H]2CN(C(=O)[C@@H]3CC(=O)Nc4ccccc43)CCO2)n[nH]1. The molecule has 0 aliphatic carbocycles. The molecule has 1 aromatic heterocycles. The number of amides is 2. The fraction of sp³-hybridized carbons (Fsp3) is 0.412. The third-order valence-corrected chi connectivity index (χ3v) is 4.58. The van der Waals surface area contributed by atoms with Crippen LogP contribution in [0.2, 0.25) is 0 Å². The standard InChI is InChI=1S/C17H19N5O3/c1-10-18-16(21-20-10)14-9-22(6-7-25-14)17(24)12-8-15(23)19-13-5-3-2-4-11(12)13/h2-5,12,14H,6-9H2,1H3,(H,19,23)(H,18,20,21)/t12-,14-/m1/s1. The fourth-order valence-electron chi connectivity index (χ4n) is 3.36. The first-order chi connectivity index (χ1) is 12.1. The number of nitrogens with zero attached hydrogens (tertiary/aromatic N) is 3. The van der Waals surface area contributed by atoms with Gasteiger partial charge in [0.2, 0.25) is 11.8 Å². The van der Waals surface area contributed by atoms with E-state index >= 15 is 0 Å². The van der Waals surface area contributed by atoms with Gasteiger partial charge in [0.25, 0.3) is 0 Å². The van der Waals surface area contributed by atoms with Crippen molar-refractivity contribution in [3.8, 4) is 0 Å². The number of carbonyl (C=O) groups is 2. The first-order valence-corrected chi connectivity index (χ1v) is 8.30. The van der Waals surface area contributed by atoms with E-state index in [9.17, 15) is 9.59 Å². The maximum Gasteiger partial charge on any atom is 0.230 e. The molecule has 2 aromatic rings. The molecule has 2 atom stereocenters. The van der Waals surface area contributed by atoms with Crippen LogP contribution in [0.4, 0.5) is 5.69 Å². The number of para-hydroxylation sites is 1. The molecular formula is C17H19N5O3. The minimum Gasteiger partial charge on any atom is -0.366 e. The molecule has 0 bridgehead atoms. The van der Waals surface area contributed by atoms with Crippen molar-refractivity contribution in [3.63, 3.8) is 0 Å². The van der Waals surface area contributed by atoms with Crippen molar-refractivity contribution in [3.05, 3.63) is 41.5 Å². The predicted molar refractivity (Wildman–Crippen MR) is 88.8 cm³/mol. The highest BCUT2D eigenvalue weighted by molar-refractivity contribution is 6.01. The Morgan fingerprint density at radius 1 is 1.36 bits per heavy atom. The van der Waals surface area contributed by atoms with Crippen molar-refractivity contribution in [1.29, 1.82) is 0 Å². The molecule has 4 rings (SSSR count).